The van der Waals surface area contributed by atoms with E-state index in [0.29, 0.717) is 0 Å². The molecule has 1 heteroatoms. The van der Waals surface area contributed by atoms with E-state index in [9.17, 15) is 0 Å². The Morgan fingerprint density at radius 3 is 1.41 bits per heavy atom. The van der Waals surface area contributed by atoms with E-state index in [4.69, 9.17) is 0 Å². The van der Waals surface area contributed by atoms with Gasteiger partial charge in [0.1, 0.15) is 0 Å². The first-order valence-electron chi connectivity index (χ1n) is 16.9. The van der Waals surface area contributed by atoms with E-state index in [2.05, 4.69) is 193 Å². The molecule has 0 amide bonds. The molecule has 0 aliphatic carbocycles. The van der Waals surface area contributed by atoms with Crippen LogP contribution in [0.15, 0.2) is 188 Å². The summed E-state index contributed by atoms with van der Waals surface area (Å²) in [6.07, 6.45) is 0. The van der Waals surface area contributed by atoms with E-state index in [0.717, 1.165) is 5.69 Å². The highest BCUT2D eigenvalue weighted by molar-refractivity contribution is 6.25. The number of anilines is 3. The van der Waals surface area contributed by atoms with Gasteiger partial charge in [-0.15, -0.1) is 0 Å². The molecular weight excluding hydrogens is 591 g/mol. The third kappa shape index (κ3) is 4.40. The Morgan fingerprint density at radius 1 is 0.245 bits per heavy atom. The summed E-state index contributed by atoms with van der Waals surface area (Å²) in [5, 5.41) is 7.78. The third-order valence-corrected chi connectivity index (χ3v) is 10.2. The minimum atomic E-state index is 1.15. The Hall–Kier alpha value is -6.44. The van der Waals surface area contributed by atoms with Gasteiger partial charge >= 0.3 is 0 Å². The maximum Gasteiger partial charge on any atom is 0.0540 e. The van der Waals surface area contributed by atoms with Crippen molar-refractivity contribution in [1.82, 2.24) is 0 Å². The van der Waals surface area contributed by atoms with Crippen LogP contribution in [0, 0.1) is 0 Å². The molecular formula is C48H31N. The predicted octanol–water partition coefficient (Wildman–Crippen LogP) is 13.6. The highest BCUT2D eigenvalue weighted by atomic mass is 15.1. The first-order chi connectivity index (χ1) is 24.3. The summed E-state index contributed by atoms with van der Waals surface area (Å²) in [6.45, 7) is 0. The molecule has 228 valence electrons. The maximum atomic E-state index is 2.41. The number of nitrogens with zero attached hydrogens (tertiary/aromatic N) is 1. The molecule has 0 atom stereocenters. The SMILES string of the molecule is c1ccc(N2c3ccccc3-c3ccccc3-c3cc(-c4cccc(-c5ccc6c7ccccc7c7ccccc7c6c5)c4)ccc32)cc1. The minimum Gasteiger partial charge on any atom is -0.309 e. The number of hydrogen-bond acceptors (Lipinski definition) is 1. The fourth-order valence-corrected chi connectivity index (χ4v) is 7.93. The second-order valence-corrected chi connectivity index (χ2v) is 12.9. The van der Waals surface area contributed by atoms with Gasteiger partial charge in [-0.2, -0.15) is 0 Å². The molecule has 1 nitrogen and oxygen atoms in total. The third-order valence-electron chi connectivity index (χ3n) is 10.2. The van der Waals surface area contributed by atoms with Crippen LogP contribution in [0.25, 0.3) is 76.8 Å². The van der Waals surface area contributed by atoms with Gasteiger partial charge in [0.15, 0.2) is 0 Å². The summed E-state index contributed by atoms with van der Waals surface area (Å²) in [4.78, 5) is 2.41. The van der Waals surface area contributed by atoms with E-state index in [1.54, 1.807) is 0 Å². The van der Waals surface area contributed by atoms with Crippen molar-refractivity contribution >= 4 is 49.4 Å². The minimum absolute atomic E-state index is 1.15. The van der Waals surface area contributed by atoms with Crippen LogP contribution < -0.4 is 4.90 Å². The Labute approximate surface area is 286 Å². The molecule has 0 unspecified atom stereocenters. The van der Waals surface area contributed by atoms with Crippen molar-refractivity contribution in [2.45, 2.75) is 0 Å². The van der Waals surface area contributed by atoms with Gasteiger partial charge in [-0.05, 0) is 108 Å². The molecule has 0 bridgehead atoms. The number of hydrogen-bond donors (Lipinski definition) is 0. The molecule has 0 saturated carbocycles. The highest BCUT2D eigenvalue weighted by Gasteiger charge is 2.26. The normalized spacial score (nSPS) is 12.0. The molecule has 9 aromatic carbocycles. The van der Waals surface area contributed by atoms with Gasteiger partial charge in [0.2, 0.25) is 0 Å². The van der Waals surface area contributed by atoms with E-state index in [1.807, 2.05) is 0 Å². The molecule has 9 aromatic rings. The Kier molecular flexibility index (Phi) is 6.25. The largest absolute Gasteiger partial charge is 0.309 e. The highest BCUT2D eigenvalue weighted by Crippen LogP contribution is 2.51. The van der Waals surface area contributed by atoms with E-state index >= 15 is 0 Å². The van der Waals surface area contributed by atoms with Crippen molar-refractivity contribution in [2.24, 2.45) is 0 Å². The van der Waals surface area contributed by atoms with Gasteiger partial charge in [0.25, 0.3) is 0 Å². The Balaban J connectivity index is 1.14. The van der Waals surface area contributed by atoms with Crippen LogP contribution in [0.4, 0.5) is 17.1 Å². The van der Waals surface area contributed by atoms with Gasteiger partial charge in [-0.25, -0.2) is 0 Å². The molecule has 1 heterocycles. The van der Waals surface area contributed by atoms with Gasteiger partial charge in [-0.3, -0.25) is 0 Å². The summed E-state index contributed by atoms with van der Waals surface area (Å²) in [7, 11) is 0. The molecule has 0 radical (unpaired) electrons. The van der Waals surface area contributed by atoms with Crippen molar-refractivity contribution in [2.75, 3.05) is 4.90 Å². The first-order valence-corrected chi connectivity index (χ1v) is 16.9. The summed E-state index contributed by atoms with van der Waals surface area (Å²) in [6, 6.07) is 68.8. The zero-order chi connectivity index (χ0) is 32.3. The second-order valence-electron chi connectivity index (χ2n) is 12.9. The van der Waals surface area contributed by atoms with Crippen LogP contribution in [0.5, 0.6) is 0 Å². The standard InChI is InChI=1S/C48H31N/c1-2-15-36(16-3-1)49-47-24-11-10-23-44(47)40-20-7-9-22-42(40)46-31-35(26-28-48(46)49)33-14-12-13-32(29-33)34-25-27-43-39-19-5-4-17-37(39)38-18-6-8-21-41(38)45(43)30-34/h1-31H. The number of rotatable bonds is 3. The molecule has 49 heavy (non-hydrogen) atoms. The lowest BCUT2D eigenvalue weighted by molar-refractivity contribution is 1.29. The van der Waals surface area contributed by atoms with Crippen molar-refractivity contribution < 1.29 is 0 Å². The van der Waals surface area contributed by atoms with Crippen molar-refractivity contribution in [3.8, 4) is 44.5 Å². The van der Waals surface area contributed by atoms with Gasteiger partial charge in [0, 0.05) is 16.8 Å². The second kappa shape index (κ2) is 11.1. The smallest absolute Gasteiger partial charge is 0.0540 e. The van der Waals surface area contributed by atoms with Gasteiger partial charge in [0.05, 0.1) is 11.4 Å². The Morgan fingerprint density at radius 2 is 0.714 bits per heavy atom. The summed E-state index contributed by atoms with van der Waals surface area (Å²) in [5.74, 6) is 0. The molecule has 1 aliphatic rings. The fourth-order valence-electron chi connectivity index (χ4n) is 7.93. The van der Waals surface area contributed by atoms with E-state index in [1.165, 1.54) is 88.2 Å². The number of fused-ring (bicyclic) bond motifs is 11. The summed E-state index contributed by atoms with van der Waals surface area (Å²) >= 11 is 0. The topological polar surface area (TPSA) is 3.24 Å². The van der Waals surface area contributed by atoms with Crippen molar-refractivity contribution in [1.29, 1.82) is 0 Å². The van der Waals surface area contributed by atoms with Crippen LogP contribution >= 0.6 is 0 Å². The zero-order valence-corrected chi connectivity index (χ0v) is 26.8. The Bertz CT molecular complexity index is 2690. The summed E-state index contributed by atoms with van der Waals surface area (Å²) < 4.78 is 0. The van der Waals surface area contributed by atoms with Crippen LogP contribution in [-0.4, -0.2) is 0 Å². The zero-order valence-electron chi connectivity index (χ0n) is 26.8. The average molecular weight is 622 g/mol. The monoisotopic (exact) mass is 621 g/mol. The van der Waals surface area contributed by atoms with Gasteiger partial charge < -0.3 is 4.90 Å². The molecule has 0 aromatic heterocycles. The van der Waals surface area contributed by atoms with E-state index < -0.39 is 0 Å². The van der Waals surface area contributed by atoms with Crippen molar-refractivity contribution in [3.63, 3.8) is 0 Å². The molecule has 0 saturated heterocycles. The lowest BCUT2D eigenvalue weighted by atomic mass is 9.90. The molecule has 10 rings (SSSR count). The predicted molar refractivity (Wildman–Crippen MR) is 209 cm³/mol. The fraction of sp³-hybridized carbons (Fsp3) is 0. The van der Waals surface area contributed by atoms with Crippen LogP contribution in [0.3, 0.4) is 0 Å². The molecule has 0 N–H and O–H groups in total. The van der Waals surface area contributed by atoms with Crippen LogP contribution in [0.1, 0.15) is 0 Å². The number of benzene rings is 9. The lowest BCUT2D eigenvalue weighted by Crippen LogP contribution is -2.10. The molecule has 0 spiro atoms. The molecule has 1 aliphatic heterocycles. The van der Waals surface area contributed by atoms with Gasteiger partial charge in [-0.1, -0.05) is 146 Å². The number of para-hydroxylation sites is 2. The average Bonchev–Trinajstić information content (AvgIpc) is 3.31. The molecule has 0 fully saturated rings. The van der Waals surface area contributed by atoms with E-state index in [-0.39, 0.29) is 0 Å². The summed E-state index contributed by atoms with van der Waals surface area (Å²) in [5.41, 5.74) is 13.3. The van der Waals surface area contributed by atoms with Crippen molar-refractivity contribution in [3.05, 3.63) is 188 Å². The first kappa shape index (κ1) is 27.7. The quantitative estimate of drug-likeness (QED) is 0.177. The maximum absolute atomic E-state index is 2.41. The van der Waals surface area contributed by atoms with Crippen LogP contribution in [-0.2, 0) is 0 Å². The van der Waals surface area contributed by atoms with Crippen LogP contribution in [0.2, 0.25) is 0 Å². The lowest BCUT2D eigenvalue weighted by Gasteiger charge is -2.27.